The summed E-state index contributed by atoms with van der Waals surface area (Å²) in [5.41, 5.74) is 5.40. The first kappa shape index (κ1) is 21.0. The lowest BCUT2D eigenvalue weighted by Gasteiger charge is -2.29. The lowest BCUT2D eigenvalue weighted by Crippen LogP contribution is -2.53. The topological polar surface area (TPSA) is 92.4 Å². The van der Waals surface area contributed by atoms with Gasteiger partial charge in [0.25, 0.3) is 0 Å². The number of amides is 1. The summed E-state index contributed by atoms with van der Waals surface area (Å²) in [5, 5.41) is 9.99. The molecule has 0 aliphatic rings. The summed E-state index contributed by atoms with van der Waals surface area (Å²) < 4.78 is 31.7. The van der Waals surface area contributed by atoms with Crippen molar-refractivity contribution in [2.75, 3.05) is 0 Å². The third-order valence-electron chi connectivity index (χ3n) is 1.96. The van der Waals surface area contributed by atoms with E-state index in [0.29, 0.717) is 0 Å². The van der Waals surface area contributed by atoms with Gasteiger partial charge in [-0.3, -0.25) is 4.79 Å². The molecule has 0 bridgehead atoms. The molecule has 0 heterocycles. The molecule has 0 spiro atoms. The fraction of sp³-hybridized carbons (Fsp3) is 0.833. The standard InChI is InChI=1S/C10H22N2O.C2HF3O2/c1-9(2,3)7(11)8(13)12-10(4,5)6;3-2(4,5)1(6)7/h7H,11H2,1-6H3,(H,12,13);(H,6,7)/t7-;/m1./s1. The third kappa shape index (κ3) is 10.6. The van der Waals surface area contributed by atoms with Gasteiger partial charge in [0.15, 0.2) is 0 Å². The summed E-state index contributed by atoms with van der Waals surface area (Å²) >= 11 is 0. The van der Waals surface area contributed by atoms with E-state index in [1.165, 1.54) is 0 Å². The number of alkyl halides is 3. The van der Waals surface area contributed by atoms with Crippen LogP contribution in [0.3, 0.4) is 0 Å². The Balaban J connectivity index is 0. The van der Waals surface area contributed by atoms with Crippen LogP contribution < -0.4 is 11.1 Å². The van der Waals surface area contributed by atoms with Crippen LogP contribution in [0, 0.1) is 5.41 Å². The summed E-state index contributed by atoms with van der Waals surface area (Å²) in [6.07, 6.45) is -5.08. The van der Waals surface area contributed by atoms with Gasteiger partial charge in [0, 0.05) is 5.54 Å². The quantitative estimate of drug-likeness (QED) is 0.689. The lowest BCUT2D eigenvalue weighted by molar-refractivity contribution is -0.192. The molecule has 0 aromatic heterocycles. The Hall–Kier alpha value is -1.31. The Morgan fingerprint density at radius 2 is 1.35 bits per heavy atom. The van der Waals surface area contributed by atoms with Crippen molar-refractivity contribution in [2.45, 2.75) is 59.3 Å². The maximum absolute atomic E-state index is 11.6. The number of carboxylic acids is 1. The number of nitrogens with two attached hydrogens (primary N) is 1. The van der Waals surface area contributed by atoms with Crippen LogP contribution in [0.4, 0.5) is 13.2 Å². The van der Waals surface area contributed by atoms with Gasteiger partial charge in [-0.25, -0.2) is 4.79 Å². The highest BCUT2D eigenvalue weighted by molar-refractivity contribution is 5.82. The molecule has 0 fully saturated rings. The molecule has 1 amide bonds. The van der Waals surface area contributed by atoms with Crippen LogP contribution in [-0.4, -0.2) is 34.7 Å². The van der Waals surface area contributed by atoms with E-state index in [2.05, 4.69) is 5.32 Å². The van der Waals surface area contributed by atoms with Crippen molar-refractivity contribution in [3.63, 3.8) is 0 Å². The number of rotatable bonds is 1. The van der Waals surface area contributed by atoms with Crippen molar-refractivity contribution in [2.24, 2.45) is 11.1 Å². The zero-order valence-corrected chi connectivity index (χ0v) is 12.6. The van der Waals surface area contributed by atoms with E-state index >= 15 is 0 Å². The molecule has 0 unspecified atom stereocenters. The molecular formula is C12H23F3N2O3. The smallest absolute Gasteiger partial charge is 0.475 e. The summed E-state index contributed by atoms with van der Waals surface area (Å²) in [6, 6.07) is -0.452. The van der Waals surface area contributed by atoms with E-state index in [9.17, 15) is 18.0 Å². The first-order chi connectivity index (χ1) is 8.48. The minimum atomic E-state index is -5.08. The zero-order valence-electron chi connectivity index (χ0n) is 12.6. The Labute approximate surface area is 116 Å². The van der Waals surface area contributed by atoms with Crippen LogP contribution >= 0.6 is 0 Å². The summed E-state index contributed by atoms with van der Waals surface area (Å²) in [5.74, 6) is -2.84. The van der Waals surface area contributed by atoms with Crippen LogP contribution in [0.15, 0.2) is 0 Å². The number of halogens is 3. The maximum atomic E-state index is 11.6. The normalized spacial score (nSPS) is 13.9. The van der Waals surface area contributed by atoms with Crippen LogP contribution in [0.2, 0.25) is 0 Å². The number of nitrogens with one attached hydrogen (secondary N) is 1. The second kappa shape index (κ2) is 6.92. The SMILES string of the molecule is CC(C)(C)NC(=O)[C@@H](N)C(C)(C)C.O=C(O)C(F)(F)F. The fourth-order valence-electron chi connectivity index (χ4n) is 0.841. The van der Waals surface area contributed by atoms with Crippen molar-refractivity contribution >= 4 is 11.9 Å². The summed E-state index contributed by atoms with van der Waals surface area (Å²) in [6.45, 7) is 11.7. The second-order valence-electron chi connectivity index (χ2n) is 6.39. The number of carboxylic acid groups (broad SMARTS) is 1. The average Bonchev–Trinajstić information content (AvgIpc) is 2.11. The number of aliphatic carboxylic acids is 1. The number of carbonyl (C=O) groups excluding carboxylic acids is 1. The Morgan fingerprint density at radius 1 is 1.05 bits per heavy atom. The monoisotopic (exact) mass is 300 g/mol. The Kier molecular flexibility index (Phi) is 7.26. The molecule has 1 atom stereocenters. The highest BCUT2D eigenvalue weighted by Crippen LogP contribution is 2.17. The molecule has 120 valence electrons. The van der Waals surface area contributed by atoms with Gasteiger partial charge in [-0.15, -0.1) is 0 Å². The van der Waals surface area contributed by atoms with Gasteiger partial charge in [-0.2, -0.15) is 13.2 Å². The van der Waals surface area contributed by atoms with E-state index in [-0.39, 0.29) is 16.9 Å². The molecule has 0 saturated carbocycles. The predicted molar refractivity (Wildman–Crippen MR) is 69.0 cm³/mol. The molecular weight excluding hydrogens is 277 g/mol. The Morgan fingerprint density at radius 3 is 1.50 bits per heavy atom. The van der Waals surface area contributed by atoms with Gasteiger partial charge in [0.05, 0.1) is 6.04 Å². The number of hydrogen-bond acceptors (Lipinski definition) is 3. The van der Waals surface area contributed by atoms with Crippen molar-refractivity contribution in [3.05, 3.63) is 0 Å². The second-order valence-corrected chi connectivity index (χ2v) is 6.39. The highest BCUT2D eigenvalue weighted by Gasteiger charge is 2.38. The first-order valence-electron chi connectivity index (χ1n) is 5.86. The lowest BCUT2D eigenvalue weighted by atomic mass is 9.86. The molecule has 0 radical (unpaired) electrons. The van der Waals surface area contributed by atoms with E-state index in [1.54, 1.807) is 0 Å². The van der Waals surface area contributed by atoms with Gasteiger partial charge in [0.1, 0.15) is 0 Å². The molecule has 0 saturated heterocycles. The summed E-state index contributed by atoms with van der Waals surface area (Å²) in [4.78, 5) is 20.5. The van der Waals surface area contributed by atoms with Crippen molar-refractivity contribution in [1.82, 2.24) is 5.32 Å². The van der Waals surface area contributed by atoms with Crippen molar-refractivity contribution < 1.29 is 27.9 Å². The van der Waals surface area contributed by atoms with Crippen LogP contribution in [0.5, 0.6) is 0 Å². The number of hydrogen-bond donors (Lipinski definition) is 3. The van der Waals surface area contributed by atoms with Gasteiger partial charge in [0.2, 0.25) is 5.91 Å². The van der Waals surface area contributed by atoms with E-state index in [1.807, 2.05) is 41.5 Å². The highest BCUT2D eigenvalue weighted by atomic mass is 19.4. The fourth-order valence-corrected chi connectivity index (χ4v) is 0.841. The maximum Gasteiger partial charge on any atom is 0.490 e. The molecule has 0 aliphatic carbocycles. The van der Waals surface area contributed by atoms with Gasteiger partial charge in [-0.05, 0) is 26.2 Å². The largest absolute Gasteiger partial charge is 0.490 e. The van der Waals surface area contributed by atoms with Crippen LogP contribution in [-0.2, 0) is 9.59 Å². The number of carbonyl (C=O) groups is 2. The average molecular weight is 300 g/mol. The molecule has 5 nitrogen and oxygen atoms in total. The van der Waals surface area contributed by atoms with Crippen LogP contribution in [0.1, 0.15) is 41.5 Å². The molecule has 8 heteroatoms. The van der Waals surface area contributed by atoms with Crippen LogP contribution in [0.25, 0.3) is 0 Å². The van der Waals surface area contributed by atoms with E-state index < -0.39 is 18.2 Å². The first-order valence-corrected chi connectivity index (χ1v) is 5.86. The third-order valence-corrected chi connectivity index (χ3v) is 1.96. The van der Waals surface area contributed by atoms with Crippen molar-refractivity contribution in [1.29, 1.82) is 0 Å². The molecule has 4 N–H and O–H groups in total. The minimum absolute atomic E-state index is 0.0833. The predicted octanol–water partition coefficient (Wildman–Crippen LogP) is 1.91. The van der Waals surface area contributed by atoms with Crippen molar-refractivity contribution in [3.8, 4) is 0 Å². The van der Waals surface area contributed by atoms with Gasteiger partial charge >= 0.3 is 12.1 Å². The molecule has 0 aliphatic heterocycles. The molecule has 0 aromatic carbocycles. The van der Waals surface area contributed by atoms with E-state index in [4.69, 9.17) is 15.6 Å². The zero-order chi connectivity index (χ0) is 16.9. The minimum Gasteiger partial charge on any atom is -0.475 e. The molecule has 0 rings (SSSR count). The van der Waals surface area contributed by atoms with E-state index in [0.717, 1.165) is 0 Å². The summed E-state index contributed by atoms with van der Waals surface area (Å²) in [7, 11) is 0. The van der Waals surface area contributed by atoms with Gasteiger partial charge in [-0.1, -0.05) is 20.8 Å². The molecule has 0 aromatic rings. The van der Waals surface area contributed by atoms with Gasteiger partial charge < -0.3 is 16.2 Å². The Bertz CT molecular complexity index is 341. The molecule has 20 heavy (non-hydrogen) atoms.